The lowest BCUT2D eigenvalue weighted by molar-refractivity contribution is -0.136. The van der Waals surface area contributed by atoms with Crippen LogP contribution >= 0.6 is 11.9 Å². The summed E-state index contributed by atoms with van der Waals surface area (Å²) in [5.74, 6) is -2.21. The van der Waals surface area contributed by atoms with E-state index in [2.05, 4.69) is 4.98 Å². The van der Waals surface area contributed by atoms with Gasteiger partial charge in [0.2, 0.25) is 5.95 Å². The molecule has 0 aliphatic carbocycles. The van der Waals surface area contributed by atoms with Crippen molar-refractivity contribution < 1.29 is 18.7 Å². The monoisotopic (exact) mass is 440 g/mol. The quantitative estimate of drug-likeness (QED) is 0.408. The molecular formula is C24H22F2N2O2S. The van der Waals surface area contributed by atoms with E-state index in [1.54, 1.807) is 0 Å². The van der Waals surface area contributed by atoms with E-state index in [0.29, 0.717) is 11.1 Å². The smallest absolute Gasteiger partial charge is 0.307 e. The topological polar surface area (TPSA) is 53.4 Å². The van der Waals surface area contributed by atoms with Gasteiger partial charge in [-0.1, -0.05) is 41.8 Å². The van der Waals surface area contributed by atoms with Gasteiger partial charge in [0, 0.05) is 22.9 Å². The molecule has 2 aromatic carbocycles. The molecule has 1 aliphatic heterocycles. The number of hydrogen-bond acceptors (Lipinski definition) is 4. The summed E-state index contributed by atoms with van der Waals surface area (Å²) in [6, 6.07) is 7.80. The molecule has 3 aromatic rings. The Hall–Kier alpha value is -2.93. The number of fused-ring (bicyclic) bond motifs is 3. The maximum atomic E-state index is 15.0. The molecule has 0 amide bonds. The van der Waals surface area contributed by atoms with Crippen molar-refractivity contribution in [3.63, 3.8) is 0 Å². The minimum atomic E-state index is -0.941. The van der Waals surface area contributed by atoms with Gasteiger partial charge in [0.1, 0.15) is 5.82 Å². The summed E-state index contributed by atoms with van der Waals surface area (Å²) in [5, 5.41) is 9.63. The SMILES string of the molecule is CSN1Cc2c(F)ncc(F)c2-c2c(C)c(-c3ccc(C)cc3)c(CC(=O)O)c(C)c21. The van der Waals surface area contributed by atoms with Crippen LogP contribution in [0.1, 0.15) is 27.8 Å². The molecule has 7 heteroatoms. The molecule has 1 aromatic heterocycles. The van der Waals surface area contributed by atoms with Gasteiger partial charge in [-0.2, -0.15) is 4.39 Å². The average molecular weight is 441 g/mol. The molecule has 160 valence electrons. The fraction of sp³-hybridized carbons (Fsp3) is 0.250. The molecule has 4 rings (SSSR count). The first kappa shape index (κ1) is 21.3. The predicted octanol–water partition coefficient (Wildman–Crippen LogP) is 5.84. The van der Waals surface area contributed by atoms with Crippen LogP contribution in [0.25, 0.3) is 22.3 Å². The van der Waals surface area contributed by atoms with Crippen molar-refractivity contribution in [2.45, 2.75) is 33.7 Å². The summed E-state index contributed by atoms with van der Waals surface area (Å²) in [5.41, 5.74) is 6.60. The Balaban J connectivity index is 2.16. The molecule has 0 saturated heterocycles. The van der Waals surface area contributed by atoms with E-state index in [0.717, 1.165) is 39.7 Å². The molecule has 4 nitrogen and oxygen atoms in total. The van der Waals surface area contributed by atoms with E-state index in [4.69, 9.17) is 0 Å². The van der Waals surface area contributed by atoms with Crippen LogP contribution in [0.5, 0.6) is 0 Å². The summed E-state index contributed by atoms with van der Waals surface area (Å²) in [7, 11) is 0. The summed E-state index contributed by atoms with van der Waals surface area (Å²) in [6.07, 6.45) is 2.61. The number of pyridine rings is 1. The van der Waals surface area contributed by atoms with Gasteiger partial charge < -0.3 is 9.41 Å². The number of aromatic nitrogens is 1. The molecule has 0 spiro atoms. The first-order valence-electron chi connectivity index (χ1n) is 9.84. The summed E-state index contributed by atoms with van der Waals surface area (Å²) in [4.78, 5) is 15.3. The van der Waals surface area contributed by atoms with Crippen LogP contribution < -0.4 is 4.31 Å². The molecule has 1 aliphatic rings. The van der Waals surface area contributed by atoms with Crippen molar-refractivity contribution in [3.8, 4) is 22.3 Å². The van der Waals surface area contributed by atoms with Crippen LogP contribution in [0.4, 0.5) is 14.5 Å². The van der Waals surface area contributed by atoms with E-state index < -0.39 is 17.7 Å². The van der Waals surface area contributed by atoms with Crippen LogP contribution in [0.15, 0.2) is 30.5 Å². The number of aryl methyl sites for hydroxylation is 1. The third kappa shape index (κ3) is 3.47. The fourth-order valence-corrected chi connectivity index (χ4v) is 5.11. The van der Waals surface area contributed by atoms with Crippen LogP contribution in [-0.4, -0.2) is 22.3 Å². The highest BCUT2D eigenvalue weighted by molar-refractivity contribution is 7.99. The minimum absolute atomic E-state index is 0.150. The highest BCUT2D eigenvalue weighted by atomic mass is 32.2. The van der Waals surface area contributed by atoms with Crippen molar-refractivity contribution in [3.05, 3.63) is 70.0 Å². The predicted molar refractivity (Wildman–Crippen MR) is 120 cm³/mol. The Bertz CT molecular complexity index is 1210. The van der Waals surface area contributed by atoms with Gasteiger partial charge in [0.15, 0.2) is 0 Å². The third-order valence-electron chi connectivity index (χ3n) is 5.87. The van der Waals surface area contributed by atoms with Gasteiger partial charge in [-0.3, -0.25) is 4.79 Å². The zero-order valence-electron chi connectivity index (χ0n) is 17.7. The lowest BCUT2D eigenvalue weighted by Gasteiger charge is -2.35. The van der Waals surface area contributed by atoms with Gasteiger partial charge in [0.25, 0.3) is 0 Å². The summed E-state index contributed by atoms with van der Waals surface area (Å²) >= 11 is 1.39. The second kappa shape index (κ2) is 7.96. The zero-order chi connectivity index (χ0) is 22.4. The molecule has 0 fully saturated rings. The summed E-state index contributed by atoms with van der Waals surface area (Å²) in [6.45, 7) is 5.84. The number of anilines is 1. The van der Waals surface area contributed by atoms with Crippen molar-refractivity contribution in [1.29, 1.82) is 0 Å². The maximum absolute atomic E-state index is 15.0. The highest BCUT2D eigenvalue weighted by Gasteiger charge is 2.33. The van der Waals surface area contributed by atoms with E-state index >= 15 is 4.39 Å². The first-order chi connectivity index (χ1) is 14.7. The fourth-order valence-electron chi connectivity index (χ4n) is 4.44. The van der Waals surface area contributed by atoms with Crippen molar-refractivity contribution in [2.24, 2.45) is 0 Å². The molecule has 0 saturated carbocycles. The largest absolute Gasteiger partial charge is 0.481 e. The summed E-state index contributed by atoms with van der Waals surface area (Å²) < 4.78 is 31.5. The molecule has 0 unspecified atom stereocenters. The molecule has 31 heavy (non-hydrogen) atoms. The number of aliphatic carboxylic acids is 1. The van der Waals surface area contributed by atoms with E-state index in [9.17, 15) is 14.3 Å². The highest BCUT2D eigenvalue weighted by Crippen LogP contribution is 2.51. The first-order valence-corrected chi connectivity index (χ1v) is 11.0. The maximum Gasteiger partial charge on any atom is 0.307 e. The van der Waals surface area contributed by atoms with Crippen LogP contribution in [0.2, 0.25) is 0 Å². The second-order valence-electron chi connectivity index (χ2n) is 7.73. The number of carboxylic acids is 1. The Morgan fingerprint density at radius 2 is 1.77 bits per heavy atom. The number of hydrogen-bond donors (Lipinski definition) is 1. The molecule has 0 atom stereocenters. The van der Waals surface area contributed by atoms with Gasteiger partial charge in [-0.15, -0.1) is 0 Å². The van der Waals surface area contributed by atoms with Gasteiger partial charge in [-0.25, -0.2) is 9.37 Å². The minimum Gasteiger partial charge on any atom is -0.481 e. The molecule has 2 heterocycles. The Kier molecular flexibility index (Phi) is 5.47. The average Bonchev–Trinajstić information content (AvgIpc) is 2.74. The third-order valence-corrected chi connectivity index (χ3v) is 6.62. The second-order valence-corrected chi connectivity index (χ2v) is 8.54. The van der Waals surface area contributed by atoms with Gasteiger partial charge in [0.05, 0.1) is 24.8 Å². The van der Waals surface area contributed by atoms with E-state index in [1.807, 2.05) is 55.6 Å². The molecular weight excluding hydrogens is 418 g/mol. The Labute approximate surface area is 184 Å². The van der Waals surface area contributed by atoms with Crippen LogP contribution in [0, 0.1) is 32.5 Å². The number of carboxylic acid groups (broad SMARTS) is 1. The van der Waals surface area contributed by atoms with Crippen LogP contribution in [0.3, 0.4) is 0 Å². The van der Waals surface area contributed by atoms with Crippen molar-refractivity contribution >= 4 is 23.6 Å². The number of rotatable bonds is 4. The molecule has 1 N–H and O–H groups in total. The zero-order valence-corrected chi connectivity index (χ0v) is 18.5. The Morgan fingerprint density at radius 1 is 1.10 bits per heavy atom. The number of halogens is 2. The van der Waals surface area contributed by atoms with E-state index in [-0.39, 0.29) is 24.1 Å². The van der Waals surface area contributed by atoms with Crippen molar-refractivity contribution in [1.82, 2.24) is 4.98 Å². The van der Waals surface area contributed by atoms with Gasteiger partial charge in [-0.05, 0) is 48.6 Å². The lowest BCUT2D eigenvalue weighted by atomic mass is 9.81. The van der Waals surface area contributed by atoms with Gasteiger partial charge >= 0.3 is 5.97 Å². The normalized spacial score (nSPS) is 12.5. The number of benzene rings is 2. The molecule has 0 radical (unpaired) electrons. The van der Waals surface area contributed by atoms with E-state index in [1.165, 1.54) is 11.9 Å². The molecule has 0 bridgehead atoms. The standard InChI is InChI=1S/C24H22F2N2O2S/c1-12-5-7-15(8-6-12)20-14(3)21-22-17(24(26)27-10-18(22)25)11-28(31-4)23(21)13(2)16(20)9-19(29)30/h5-8,10H,9,11H2,1-4H3,(H,29,30). The van der Waals surface area contributed by atoms with Crippen LogP contribution in [-0.2, 0) is 17.8 Å². The number of carbonyl (C=O) groups is 1. The van der Waals surface area contributed by atoms with Crippen molar-refractivity contribution in [2.75, 3.05) is 10.6 Å². The number of nitrogens with zero attached hydrogens (tertiary/aromatic N) is 2. The lowest BCUT2D eigenvalue weighted by Crippen LogP contribution is -2.24. The Morgan fingerprint density at radius 3 is 2.39 bits per heavy atom.